The Hall–Kier alpha value is -3.98. The molecule has 0 aliphatic carbocycles. The van der Waals surface area contributed by atoms with Gasteiger partial charge in [0.25, 0.3) is 11.5 Å². The van der Waals surface area contributed by atoms with Gasteiger partial charge in [-0.05, 0) is 42.6 Å². The van der Waals surface area contributed by atoms with Crippen LogP contribution in [-0.2, 0) is 0 Å². The molecule has 1 aromatic carbocycles. The van der Waals surface area contributed by atoms with E-state index in [-0.39, 0.29) is 16.9 Å². The second kappa shape index (κ2) is 7.37. The minimum atomic E-state index is -0.482. The molecule has 5 rings (SSSR count). The lowest BCUT2D eigenvalue weighted by molar-refractivity contribution is 0.0941. The lowest BCUT2D eigenvalue weighted by Crippen LogP contribution is -2.32. The summed E-state index contributed by atoms with van der Waals surface area (Å²) in [5, 5.41) is 9.64. The summed E-state index contributed by atoms with van der Waals surface area (Å²) in [6.45, 7) is 1.83. The molecule has 1 atom stereocenters. The second-order valence-electron chi connectivity index (χ2n) is 7.09. The molecule has 4 heterocycles. The molecule has 0 fully saturated rings. The van der Waals surface area contributed by atoms with E-state index in [1.54, 1.807) is 23.0 Å². The average Bonchev–Trinajstić information content (AvgIpc) is 3.37. The normalized spacial score (nSPS) is 12.3. The van der Waals surface area contributed by atoms with Crippen LogP contribution in [0.3, 0.4) is 0 Å². The third kappa shape index (κ3) is 3.15. The number of hydrogen-bond acceptors (Lipinski definition) is 6. The van der Waals surface area contributed by atoms with Gasteiger partial charge in [-0.25, -0.2) is 9.50 Å². The fraction of sp³-hybridized carbons (Fsp3) is 0.0909. The van der Waals surface area contributed by atoms with E-state index in [4.69, 9.17) is 5.73 Å². The van der Waals surface area contributed by atoms with Gasteiger partial charge in [-0.3, -0.25) is 14.2 Å². The van der Waals surface area contributed by atoms with Gasteiger partial charge in [-0.2, -0.15) is 0 Å². The zero-order valence-electron chi connectivity index (χ0n) is 16.5. The number of rotatable bonds is 4. The number of benzene rings is 1. The summed E-state index contributed by atoms with van der Waals surface area (Å²) in [6, 6.07) is 14.4. The van der Waals surface area contributed by atoms with Gasteiger partial charge >= 0.3 is 0 Å². The Balaban J connectivity index is 1.60. The number of fused-ring (bicyclic) bond motifs is 2. The number of carbonyl (C=O) groups excluding carboxylic acids is 1. The number of hydrogen-bond donors (Lipinski definition) is 2. The quantitative estimate of drug-likeness (QED) is 0.455. The number of nitrogens with two attached hydrogens (primary N) is 1. The van der Waals surface area contributed by atoms with Crippen LogP contribution in [0, 0.1) is 0 Å². The molecular formula is C22H18N6O2S. The van der Waals surface area contributed by atoms with Gasteiger partial charge in [0.15, 0.2) is 11.5 Å². The van der Waals surface area contributed by atoms with Crippen molar-refractivity contribution in [3.05, 3.63) is 87.9 Å². The van der Waals surface area contributed by atoms with Crippen LogP contribution in [0.2, 0.25) is 0 Å². The predicted octanol–water partition coefficient (Wildman–Crippen LogP) is 3.17. The van der Waals surface area contributed by atoms with E-state index in [2.05, 4.69) is 15.4 Å². The fourth-order valence-corrected chi connectivity index (χ4v) is 4.49. The van der Waals surface area contributed by atoms with Crippen LogP contribution in [0.4, 0.5) is 5.82 Å². The highest BCUT2D eigenvalue weighted by atomic mass is 32.1. The zero-order valence-corrected chi connectivity index (χ0v) is 17.3. The second-order valence-corrected chi connectivity index (χ2v) is 8.03. The van der Waals surface area contributed by atoms with Crippen molar-refractivity contribution < 1.29 is 4.79 Å². The number of aromatic nitrogens is 4. The summed E-state index contributed by atoms with van der Waals surface area (Å²) in [5.41, 5.74) is 7.84. The highest BCUT2D eigenvalue weighted by Crippen LogP contribution is 2.25. The van der Waals surface area contributed by atoms with Gasteiger partial charge in [-0.1, -0.05) is 18.2 Å². The maximum atomic E-state index is 13.3. The van der Waals surface area contributed by atoms with Crippen LogP contribution in [0.5, 0.6) is 0 Å². The van der Waals surface area contributed by atoms with E-state index in [1.807, 2.05) is 54.8 Å². The molecule has 0 unspecified atom stereocenters. The number of anilines is 1. The number of para-hydroxylation sites is 1. The average molecular weight is 430 g/mol. The first-order valence-corrected chi connectivity index (χ1v) is 10.5. The third-order valence-corrected chi connectivity index (χ3v) is 5.98. The zero-order chi connectivity index (χ0) is 21.5. The lowest BCUT2D eigenvalue weighted by atomic mass is 10.1. The van der Waals surface area contributed by atoms with Crippen molar-refractivity contribution in [2.75, 3.05) is 5.73 Å². The first-order valence-electron chi connectivity index (χ1n) is 9.63. The monoisotopic (exact) mass is 430 g/mol. The van der Waals surface area contributed by atoms with E-state index >= 15 is 0 Å². The number of nitrogen functional groups attached to an aromatic ring is 1. The van der Waals surface area contributed by atoms with Gasteiger partial charge in [0, 0.05) is 28.5 Å². The van der Waals surface area contributed by atoms with Gasteiger partial charge in [0.2, 0.25) is 0 Å². The third-order valence-electron chi connectivity index (χ3n) is 5.12. The van der Waals surface area contributed by atoms with Crippen molar-refractivity contribution in [3.63, 3.8) is 0 Å². The van der Waals surface area contributed by atoms with Crippen LogP contribution in [0.15, 0.2) is 71.1 Å². The Kier molecular flexibility index (Phi) is 4.52. The molecule has 0 aliphatic rings. The van der Waals surface area contributed by atoms with E-state index < -0.39 is 11.9 Å². The predicted molar refractivity (Wildman–Crippen MR) is 121 cm³/mol. The summed E-state index contributed by atoms with van der Waals surface area (Å²) < 4.78 is 3.97. The summed E-state index contributed by atoms with van der Waals surface area (Å²) in [4.78, 5) is 30.6. The highest BCUT2D eigenvalue weighted by molar-refractivity contribution is 7.17. The van der Waals surface area contributed by atoms with Crippen molar-refractivity contribution in [2.24, 2.45) is 0 Å². The first kappa shape index (κ1) is 19.0. The smallest absolute Gasteiger partial charge is 0.264 e. The summed E-state index contributed by atoms with van der Waals surface area (Å²) in [6.07, 6.45) is 3.26. The van der Waals surface area contributed by atoms with Crippen molar-refractivity contribution in [1.82, 2.24) is 24.5 Å². The first-order chi connectivity index (χ1) is 15.0. The Morgan fingerprint density at radius 1 is 1.19 bits per heavy atom. The summed E-state index contributed by atoms with van der Waals surface area (Å²) in [7, 11) is 0. The van der Waals surface area contributed by atoms with Gasteiger partial charge in [0.05, 0.1) is 11.4 Å². The Bertz CT molecular complexity index is 1480. The van der Waals surface area contributed by atoms with Crippen LogP contribution >= 0.6 is 11.3 Å². The van der Waals surface area contributed by atoms with E-state index in [0.717, 1.165) is 10.4 Å². The molecule has 0 bridgehead atoms. The maximum Gasteiger partial charge on any atom is 0.264 e. The highest BCUT2D eigenvalue weighted by Gasteiger charge is 2.23. The number of nitrogens with zero attached hydrogens (tertiary/aromatic N) is 4. The molecule has 154 valence electrons. The van der Waals surface area contributed by atoms with E-state index in [0.29, 0.717) is 16.7 Å². The topological polar surface area (TPSA) is 107 Å². The largest absolute Gasteiger partial charge is 0.381 e. The molecule has 0 spiro atoms. The number of amides is 1. The minimum Gasteiger partial charge on any atom is -0.381 e. The molecule has 0 saturated heterocycles. The van der Waals surface area contributed by atoms with Gasteiger partial charge in [0.1, 0.15) is 5.56 Å². The molecule has 4 aromatic heterocycles. The number of carbonyl (C=O) groups is 1. The van der Waals surface area contributed by atoms with E-state index in [9.17, 15) is 9.59 Å². The SMILES string of the molecule is C[C@H](NC(=O)c1c(N)nn2cccnc12)c1cc2sccc2c(=O)n1-c1ccccc1. The maximum absolute atomic E-state index is 13.3. The van der Waals surface area contributed by atoms with Crippen LogP contribution in [0.1, 0.15) is 29.0 Å². The molecule has 0 aliphatic heterocycles. The molecule has 0 saturated carbocycles. The molecule has 9 heteroatoms. The summed E-state index contributed by atoms with van der Waals surface area (Å²) in [5.74, 6) is -0.311. The van der Waals surface area contributed by atoms with Crippen molar-refractivity contribution in [2.45, 2.75) is 13.0 Å². The van der Waals surface area contributed by atoms with Crippen LogP contribution in [0.25, 0.3) is 21.4 Å². The fourth-order valence-electron chi connectivity index (χ4n) is 3.67. The van der Waals surface area contributed by atoms with Crippen molar-refractivity contribution in [3.8, 4) is 5.69 Å². The molecule has 5 aromatic rings. The van der Waals surface area contributed by atoms with Gasteiger partial charge in [-0.15, -0.1) is 16.4 Å². The molecule has 31 heavy (non-hydrogen) atoms. The van der Waals surface area contributed by atoms with Gasteiger partial charge < -0.3 is 11.1 Å². The van der Waals surface area contributed by atoms with Crippen molar-refractivity contribution in [1.29, 1.82) is 0 Å². The van der Waals surface area contributed by atoms with Crippen LogP contribution in [-0.4, -0.2) is 25.1 Å². The van der Waals surface area contributed by atoms with Crippen molar-refractivity contribution >= 4 is 38.8 Å². The number of thiophene rings is 1. The molecule has 8 nitrogen and oxygen atoms in total. The Morgan fingerprint density at radius 2 is 2.00 bits per heavy atom. The Labute approximate surface area is 180 Å². The van der Waals surface area contributed by atoms with Crippen LogP contribution < -0.4 is 16.6 Å². The minimum absolute atomic E-state index is 0.0950. The number of pyridine rings is 1. The molecular weight excluding hydrogens is 412 g/mol. The lowest BCUT2D eigenvalue weighted by Gasteiger charge is -2.20. The van der Waals surface area contributed by atoms with E-state index in [1.165, 1.54) is 15.9 Å². The molecule has 1 amide bonds. The Morgan fingerprint density at radius 3 is 2.81 bits per heavy atom. The molecule has 3 N–H and O–H groups in total. The molecule has 0 radical (unpaired) electrons. The summed E-state index contributed by atoms with van der Waals surface area (Å²) >= 11 is 1.49. The number of nitrogens with one attached hydrogen (secondary N) is 1. The standard InChI is InChI=1S/C22H18N6O2S/c1-13(25-21(29)18-19(23)26-27-10-5-9-24-20(18)27)16-12-17-15(8-11-31-17)22(30)28(16)14-6-3-2-4-7-14/h2-13H,1H3,(H2,23,26)(H,25,29)/t13-/m0/s1.